The molecule has 3 rings (SSSR count). The zero-order valence-corrected chi connectivity index (χ0v) is 16.5. The van der Waals surface area contributed by atoms with Crippen LogP contribution in [0.25, 0.3) is 0 Å². The molecule has 0 bridgehead atoms. The number of nitrogens with one attached hydrogen (secondary N) is 2. The van der Waals surface area contributed by atoms with Crippen molar-refractivity contribution >= 4 is 11.8 Å². The van der Waals surface area contributed by atoms with Crippen molar-refractivity contribution in [3.63, 3.8) is 0 Å². The van der Waals surface area contributed by atoms with Crippen LogP contribution in [0, 0.1) is 6.92 Å². The molecule has 27 heavy (non-hydrogen) atoms. The third kappa shape index (κ3) is 5.09. The summed E-state index contributed by atoms with van der Waals surface area (Å²) in [6.45, 7) is 4.76. The van der Waals surface area contributed by atoms with Gasteiger partial charge in [-0.05, 0) is 58.3 Å². The van der Waals surface area contributed by atoms with Gasteiger partial charge in [0, 0.05) is 24.8 Å². The van der Waals surface area contributed by atoms with Crippen LogP contribution >= 0.6 is 0 Å². The summed E-state index contributed by atoms with van der Waals surface area (Å²) in [5, 5.41) is 20.7. The number of aliphatic hydroxyl groups is 1. The third-order valence-electron chi connectivity index (χ3n) is 5.85. The minimum absolute atomic E-state index is 0.0522. The summed E-state index contributed by atoms with van der Waals surface area (Å²) in [4.78, 5) is 24.7. The normalized spacial score (nSPS) is 24.1. The van der Waals surface area contributed by atoms with Crippen LogP contribution in [0.3, 0.4) is 0 Å². The molecule has 0 aromatic carbocycles. The second-order valence-electron chi connectivity index (χ2n) is 8.24. The summed E-state index contributed by atoms with van der Waals surface area (Å²) < 4.78 is 1.83. The first kappa shape index (κ1) is 19.9. The summed E-state index contributed by atoms with van der Waals surface area (Å²) in [6.07, 6.45) is 8.89. The molecule has 2 amide bonds. The second kappa shape index (κ2) is 8.42. The molecular formula is C20H32N4O3. The molecule has 0 unspecified atom stereocenters. The predicted octanol–water partition coefficient (Wildman–Crippen LogP) is 2.06. The summed E-state index contributed by atoms with van der Waals surface area (Å²) in [7, 11) is 0. The van der Waals surface area contributed by atoms with E-state index in [0.29, 0.717) is 5.56 Å². The lowest BCUT2D eigenvalue weighted by molar-refractivity contribution is -0.131. The number of carbonyl (C=O) groups is 2. The van der Waals surface area contributed by atoms with Crippen molar-refractivity contribution in [3.05, 3.63) is 17.5 Å². The van der Waals surface area contributed by atoms with Crippen molar-refractivity contribution in [3.8, 4) is 0 Å². The zero-order chi connectivity index (χ0) is 19.4. The molecule has 2 aliphatic rings. The molecule has 2 saturated carbocycles. The maximum Gasteiger partial charge on any atom is 0.254 e. The van der Waals surface area contributed by atoms with E-state index in [1.165, 1.54) is 0 Å². The van der Waals surface area contributed by atoms with Crippen LogP contribution in [0.2, 0.25) is 0 Å². The first-order valence-corrected chi connectivity index (χ1v) is 10.3. The number of aryl methyl sites for hydroxylation is 2. The van der Waals surface area contributed by atoms with Gasteiger partial charge in [0.2, 0.25) is 5.91 Å². The molecule has 1 heterocycles. The van der Waals surface area contributed by atoms with E-state index in [-0.39, 0.29) is 30.3 Å². The summed E-state index contributed by atoms with van der Waals surface area (Å²) in [5.74, 6) is -0.113. The average molecular weight is 377 g/mol. The molecule has 0 atom stereocenters. The van der Waals surface area contributed by atoms with Gasteiger partial charge in [0.25, 0.3) is 5.91 Å². The highest BCUT2D eigenvalue weighted by molar-refractivity contribution is 5.95. The third-order valence-corrected chi connectivity index (χ3v) is 5.85. The van der Waals surface area contributed by atoms with E-state index in [1.807, 2.05) is 17.8 Å². The SMILES string of the molecule is CCCn1cc(C(=O)NC2CCC(NC(=O)CC3(O)CCC3)CC2)c(C)n1. The highest BCUT2D eigenvalue weighted by Gasteiger charge is 2.37. The largest absolute Gasteiger partial charge is 0.389 e. The van der Waals surface area contributed by atoms with E-state index in [2.05, 4.69) is 22.7 Å². The van der Waals surface area contributed by atoms with Gasteiger partial charge in [0.1, 0.15) is 0 Å². The Morgan fingerprint density at radius 3 is 2.41 bits per heavy atom. The molecule has 7 heteroatoms. The van der Waals surface area contributed by atoms with E-state index in [1.54, 1.807) is 0 Å². The summed E-state index contributed by atoms with van der Waals surface area (Å²) in [5.41, 5.74) is 0.637. The Labute approximate surface area is 160 Å². The fraction of sp³-hybridized carbons (Fsp3) is 0.750. The Morgan fingerprint density at radius 2 is 1.85 bits per heavy atom. The van der Waals surface area contributed by atoms with Crippen LogP contribution in [0.15, 0.2) is 6.20 Å². The lowest BCUT2D eigenvalue weighted by Crippen LogP contribution is -2.47. The molecule has 0 saturated heterocycles. The van der Waals surface area contributed by atoms with Gasteiger partial charge in [-0.25, -0.2) is 0 Å². The Balaban J connectivity index is 1.42. The fourth-order valence-electron chi connectivity index (χ4n) is 4.07. The molecule has 2 fully saturated rings. The molecule has 1 aromatic heterocycles. The Hall–Kier alpha value is -1.89. The number of carbonyl (C=O) groups excluding carboxylic acids is 2. The lowest BCUT2D eigenvalue weighted by Gasteiger charge is -2.37. The molecule has 3 N–H and O–H groups in total. The van der Waals surface area contributed by atoms with Gasteiger partial charge in [-0.1, -0.05) is 6.92 Å². The van der Waals surface area contributed by atoms with E-state index < -0.39 is 5.60 Å². The van der Waals surface area contributed by atoms with Gasteiger partial charge in [-0.2, -0.15) is 5.10 Å². The van der Waals surface area contributed by atoms with Gasteiger partial charge in [-0.3, -0.25) is 14.3 Å². The van der Waals surface area contributed by atoms with Crippen molar-refractivity contribution in [2.45, 2.75) is 95.9 Å². The fourth-order valence-corrected chi connectivity index (χ4v) is 4.07. The molecular weight excluding hydrogens is 344 g/mol. The minimum atomic E-state index is -0.769. The molecule has 150 valence electrons. The number of amides is 2. The molecule has 0 radical (unpaired) electrons. The minimum Gasteiger partial charge on any atom is -0.389 e. The standard InChI is InChI=1S/C20H32N4O3/c1-3-11-24-13-17(14(2)23-24)19(26)22-16-7-5-15(6-8-16)21-18(25)12-20(27)9-4-10-20/h13,15-16,27H,3-12H2,1-2H3,(H,21,25)(H,22,26). The average Bonchev–Trinajstić information content (AvgIpc) is 2.96. The highest BCUT2D eigenvalue weighted by atomic mass is 16.3. The smallest absolute Gasteiger partial charge is 0.254 e. The van der Waals surface area contributed by atoms with E-state index in [9.17, 15) is 14.7 Å². The van der Waals surface area contributed by atoms with E-state index in [0.717, 1.165) is 63.6 Å². The molecule has 1 aromatic rings. The van der Waals surface area contributed by atoms with Crippen molar-refractivity contribution in [1.29, 1.82) is 0 Å². The number of hydrogen-bond donors (Lipinski definition) is 3. The highest BCUT2D eigenvalue weighted by Crippen LogP contribution is 2.34. The van der Waals surface area contributed by atoms with Gasteiger partial charge in [-0.15, -0.1) is 0 Å². The Kier molecular flexibility index (Phi) is 6.19. The predicted molar refractivity (Wildman–Crippen MR) is 102 cm³/mol. The van der Waals surface area contributed by atoms with Crippen LogP contribution in [0.1, 0.15) is 80.8 Å². The first-order valence-electron chi connectivity index (χ1n) is 10.3. The van der Waals surface area contributed by atoms with Crippen LogP contribution in [-0.4, -0.2) is 44.4 Å². The molecule has 2 aliphatic carbocycles. The van der Waals surface area contributed by atoms with E-state index in [4.69, 9.17) is 0 Å². The van der Waals surface area contributed by atoms with Crippen LogP contribution in [-0.2, 0) is 11.3 Å². The summed E-state index contributed by atoms with van der Waals surface area (Å²) in [6, 6.07) is 0.277. The van der Waals surface area contributed by atoms with Crippen molar-refractivity contribution in [2.75, 3.05) is 0 Å². The van der Waals surface area contributed by atoms with Gasteiger partial charge in [0.05, 0.1) is 23.3 Å². The Morgan fingerprint density at radius 1 is 1.22 bits per heavy atom. The van der Waals surface area contributed by atoms with Crippen molar-refractivity contribution in [2.24, 2.45) is 0 Å². The van der Waals surface area contributed by atoms with Gasteiger partial charge >= 0.3 is 0 Å². The summed E-state index contributed by atoms with van der Waals surface area (Å²) >= 11 is 0. The molecule has 0 aliphatic heterocycles. The monoisotopic (exact) mass is 376 g/mol. The first-order chi connectivity index (χ1) is 12.9. The van der Waals surface area contributed by atoms with E-state index >= 15 is 0 Å². The topological polar surface area (TPSA) is 96.2 Å². The quantitative estimate of drug-likeness (QED) is 0.679. The van der Waals surface area contributed by atoms with Crippen LogP contribution in [0.4, 0.5) is 0 Å². The number of aromatic nitrogens is 2. The second-order valence-corrected chi connectivity index (χ2v) is 8.24. The lowest BCUT2D eigenvalue weighted by atomic mass is 9.77. The van der Waals surface area contributed by atoms with Crippen LogP contribution < -0.4 is 10.6 Å². The number of rotatable bonds is 7. The van der Waals surface area contributed by atoms with Crippen molar-refractivity contribution < 1.29 is 14.7 Å². The Bertz CT molecular complexity index is 673. The zero-order valence-electron chi connectivity index (χ0n) is 16.5. The van der Waals surface area contributed by atoms with Gasteiger partial charge < -0.3 is 15.7 Å². The maximum atomic E-state index is 12.5. The van der Waals surface area contributed by atoms with Crippen LogP contribution in [0.5, 0.6) is 0 Å². The number of nitrogens with zero attached hydrogens (tertiary/aromatic N) is 2. The molecule has 7 nitrogen and oxygen atoms in total. The van der Waals surface area contributed by atoms with Crippen molar-refractivity contribution in [1.82, 2.24) is 20.4 Å². The maximum absolute atomic E-state index is 12.5. The van der Waals surface area contributed by atoms with Gasteiger partial charge in [0.15, 0.2) is 0 Å². The number of hydrogen-bond acceptors (Lipinski definition) is 4. The molecule has 0 spiro atoms.